The van der Waals surface area contributed by atoms with Crippen molar-refractivity contribution in [2.24, 2.45) is 0 Å². The van der Waals surface area contributed by atoms with Crippen molar-refractivity contribution in [3.8, 4) is 17.2 Å². The highest BCUT2D eigenvalue weighted by Crippen LogP contribution is 2.32. The van der Waals surface area contributed by atoms with Crippen LogP contribution >= 0.6 is 0 Å². The zero-order valence-electron chi connectivity index (χ0n) is 17.1. The Hall–Kier alpha value is -3.26. The van der Waals surface area contributed by atoms with Gasteiger partial charge in [-0.05, 0) is 48.4 Å². The lowest BCUT2D eigenvalue weighted by Gasteiger charge is -2.34. The molecule has 0 unspecified atom stereocenters. The molecule has 0 spiro atoms. The number of fused-ring (bicyclic) bond motifs is 1. The van der Waals surface area contributed by atoms with E-state index in [-0.39, 0.29) is 6.79 Å². The van der Waals surface area contributed by atoms with E-state index < -0.39 is 11.8 Å². The molecule has 2 aromatic rings. The molecule has 2 amide bonds. The van der Waals surface area contributed by atoms with Crippen LogP contribution in [0, 0.1) is 6.92 Å². The Morgan fingerprint density at radius 2 is 1.80 bits per heavy atom. The quantitative estimate of drug-likeness (QED) is 0.776. The van der Waals surface area contributed by atoms with E-state index in [1.807, 2.05) is 25.1 Å². The number of nitrogens with one attached hydrogen (secondary N) is 1. The first-order valence-corrected chi connectivity index (χ1v) is 9.89. The summed E-state index contributed by atoms with van der Waals surface area (Å²) in [5, 5.41) is 2.68. The van der Waals surface area contributed by atoms with E-state index in [2.05, 4.69) is 10.2 Å². The molecule has 2 aliphatic rings. The van der Waals surface area contributed by atoms with E-state index in [0.29, 0.717) is 31.9 Å². The summed E-state index contributed by atoms with van der Waals surface area (Å²) < 4.78 is 16.0. The van der Waals surface area contributed by atoms with Crippen molar-refractivity contribution >= 4 is 17.5 Å². The number of nitrogens with zero attached hydrogens (tertiary/aromatic N) is 2. The van der Waals surface area contributed by atoms with E-state index >= 15 is 0 Å². The second kappa shape index (κ2) is 8.62. The summed E-state index contributed by atoms with van der Waals surface area (Å²) >= 11 is 0. The largest absolute Gasteiger partial charge is 0.496 e. The maximum atomic E-state index is 12.5. The molecule has 2 heterocycles. The van der Waals surface area contributed by atoms with Crippen molar-refractivity contribution in [3.05, 3.63) is 47.5 Å². The smallest absolute Gasteiger partial charge is 0.313 e. The third kappa shape index (κ3) is 4.33. The minimum absolute atomic E-state index is 0.262. The third-order valence-electron chi connectivity index (χ3n) is 5.35. The number of hydrogen-bond acceptors (Lipinski definition) is 6. The summed E-state index contributed by atoms with van der Waals surface area (Å²) in [4.78, 5) is 28.8. The average Bonchev–Trinajstić information content (AvgIpc) is 3.22. The summed E-state index contributed by atoms with van der Waals surface area (Å²) in [5.74, 6) is 1.15. The zero-order valence-corrected chi connectivity index (χ0v) is 17.1. The van der Waals surface area contributed by atoms with E-state index in [1.165, 1.54) is 0 Å². The van der Waals surface area contributed by atoms with Crippen LogP contribution in [-0.4, -0.2) is 61.7 Å². The van der Waals surface area contributed by atoms with Gasteiger partial charge in [0.1, 0.15) is 5.75 Å². The number of carbonyl (C=O) groups is 2. The topological polar surface area (TPSA) is 80.3 Å². The van der Waals surface area contributed by atoms with Crippen molar-refractivity contribution in [1.82, 2.24) is 9.80 Å². The highest BCUT2D eigenvalue weighted by molar-refractivity contribution is 6.39. The zero-order chi connectivity index (χ0) is 21.1. The van der Waals surface area contributed by atoms with Crippen LogP contribution in [0.5, 0.6) is 17.2 Å². The fraction of sp³-hybridized carbons (Fsp3) is 0.364. The number of ether oxygens (including phenoxy) is 3. The first-order chi connectivity index (χ1) is 14.5. The van der Waals surface area contributed by atoms with E-state index in [0.717, 1.165) is 34.9 Å². The fourth-order valence-electron chi connectivity index (χ4n) is 3.69. The molecule has 2 aliphatic heterocycles. The Balaban J connectivity index is 1.28. The van der Waals surface area contributed by atoms with Crippen molar-refractivity contribution < 1.29 is 23.8 Å². The lowest BCUT2D eigenvalue weighted by molar-refractivity contribution is -0.144. The molecule has 0 atom stereocenters. The molecule has 0 radical (unpaired) electrons. The Morgan fingerprint density at radius 1 is 1.03 bits per heavy atom. The van der Waals surface area contributed by atoms with Crippen molar-refractivity contribution in [2.45, 2.75) is 13.5 Å². The van der Waals surface area contributed by atoms with E-state index in [9.17, 15) is 9.59 Å². The first kappa shape index (κ1) is 20.0. The van der Waals surface area contributed by atoms with Crippen LogP contribution < -0.4 is 19.5 Å². The summed E-state index contributed by atoms with van der Waals surface area (Å²) in [6.45, 7) is 5.34. The molecule has 8 nitrogen and oxygen atoms in total. The van der Waals surface area contributed by atoms with Crippen molar-refractivity contribution in [1.29, 1.82) is 0 Å². The van der Waals surface area contributed by atoms with Gasteiger partial charge in [0.15, 0.2) is 11.5 Å². The SMILES string of the molecule is COc1ccc(NC(=O)C(=O)N2CCN(Cc3ccc4c(c3)OCO4)CC2)cc1C. The van der Waals surface area contributed by atoms with Crippen LogP contribution in [0.15, 0.2) is 36.4 Å². The van der Waals surface area contributed by atoms with Gasteiger partial charge >= 0.3 is 11.8 Å². The van der Waals surface area contributed by atoms with Crippen LogP contribution in [0.4, 0.5) is 5.69 Å². The molecule has 1 saturated heterocycles. The predicted molar refractivity (Wildman–Crippen MR) is 111 cm³/mol. The van der Waals surface area contributed by atoms with Crippen molar-refractivity contribution in [3.63, 3.8) is 0 Å². The molecule has 1 fully saturated rings. The Bertz CT molecular complexity index is 954. The fourth-order valence-corrected chi connectivity index (χ4v) is 3.69. The number of benzene rings is 2. The van der Waals surface area contributed by atoms with Gasteiger partial charge in [0.25, 0.3) is 0 Å². The molecule has 2 aromatic carbocycles. The van der Waals surface area contributed by atoms with Crippen LogP contribution in [0.2, 0.25) is 0 Å². The molecular formula is C22H25N3O5. The first-order valence-electron chi connectivity index (χ1n) is 9.89. The molecule has 158 valence electrons. The van der Waals surface area contributed by atoms with Gasteiger partial charge in [-0.3, -0.25) is 14.5 Å². The van der Waals surface area contributed by atoms with Gasteiger partial charge < -0.3 is 24.4 Å². The molecule has 0 aliphatic carbocycles. The number of methoxy groups -OCH3 is 1. The second-order valence-electron chi connectivity index (χ2n) is 7.39. The van der Waals surface area contributed by atoms with E-state index in [1.54, 1.807) is 30.2 Å². The molecule has 4 rings (SSSR count). The van der Waals surface area contributed by atoms with Gasteiger partial charge in [-0.1, -0.05) is 6.07 Å². The van der Waals surface area contributed by atoms with Crippen LogP contribution in [0.25, 0.3) is 0 Å². The lowest BCUT2D eigenvalue weighted by atomic mass is 10.1. The Labute approximate surface area is 175 Å². The van der Waals surface area contributed by atoms with Gasteiger partial charge in [0.05, 0.1) is 7.11 Å². The van der Waals surface area contributed by atoms with Crippen LogP contribution in [0.3, 0.4) is 0 Å². The van der Waals surface area contributed by atoms with Crippen LogP contribution in [-0.2, 0) is 16.1 Å². The van der Waals surface area contributed by atoms with E-state index in [4.69, 9.17) is 14.2 Å². The molecule has 0 bridgehead atoms. The Kier molecular flexibility index (Phi) is 5.76. The lowest BCUT2D eigenvalue weighted by Crippen LogP contribution is -2.51. The molecule has 30 heavy (non-hydrogen) atoms. The predicted octanol–water partition coefficient (Wildman–Crippen LogP) is 2.02. The number of aryl methyl sites for hydroxylation is 1. The van der Waals surface area contributed by atoms with Crippen LogP contribution in [0.1, 0.15) is 11.1 Å². The van der Waals surface area contributed by atoms with Gasteiger partial charge in [-0.25, -0.2) is 0 Å². The number of piperazine rings is 1. The highest BCUT2D eigenvalue weighted by Gasteiger charge is 2.26. The maximum absolute atomic E-state index is 12.5. The monoisotopic (exact) mass is 411 g/mol. The number of hydrogen-bond donors (Lipinski definition) is 1. The third-order valence-corrected chi connectivity index (χ3v) is 5.35. The molecular weight excluding hydrogens is 386 g/mol. The summed E-state index contributed by atoms with van der Waals surface area (Å²) in [5.41, 5.74) is 2.60. The number of amides is 2. The Morgan fingerprint density at radius 3 is 2.53 bits per heavy atom. The highest BCUT2D eigenvalue weighted by atomic mass is 16.7. The summed E-state index contributed by atoms with van der Waals surface area (Å²) in [6, 6.07) is 11.2. The summed E-state index contributed by atoms with van der Waals surface area (Å²) in [7, 11) is 1.59. The molecule has 8 heteroatoms. The van der Waals surface area contributed by atoms with Gasteiger partial charge in [-0.2, -0.15) is 0 Å². The second-order valence-corrected chi connectivity index (χ2v) is 7.39. The average molecular weight is 411 g/mol. The standard InChI is InChI=1S/C22H25N3O5/c1-15-11-17(4-6-18(15)28-2)23-21(26)22(27)25-9-7-24(8-10-25)13-16-3-5-19-20(12-16)30-14-29-19/h3-6,11-12H,7-10,13-14H2,1-2H3,(H,23,26). The van der Waals surface area contributed by atoms with Crippen molar-refractivity contribution in [2.75, 3.05) is 45.4 Å². The van der Waals surface area contributed by atoms with Gasteiger partial charge in [-0.15, -0.1) is 0 Å². The number of rotatable bonds is 4. The molecule has 0 aromatic heterocycles. The minimum Gasteiger partial charge on any atom is -0.496 e. The van der Waals surface area contributed by atoms with Gasteiger partial charge in [0, 0.05) is 38.4 Å². The molecule has 0 saturated carbocycles. The summed E-state index contributed by atoms with van der Waals surface area (Å²) in [6.07, 6.45) is 0. The van der Waals surface area contributed by atoms with Gasteiger partial charge in [0.2, 0.25) is 6.79 Å². The number of carbonyl (C=O) groups excluding carboxylic acids is 2. The minimum atomic E-state index is -0.621. The number of anilines is 1. The maximum Gasteiger partial charge on any atom is 0.313 e. The normalized spacial score (nSPS) is 15.7. The molecule has 1 N–H and O–H groups in total.